The summed E-state index contributed by atoms with van der Waals surface area (Å²) < 4.78 is 34.8. The number of halogens is 1. The van der Waals surface area contributed by atoms with Crippen LogP contribution in [0.3, 0.4) is 0 Å². The number of para-hydroxylation sites is 2. The SMILES string of the molecule is CCOc1ccccc1N(CC(=O)N(Cc1ccc(Cl)cc1)[C@@H](C)C(=O)NC1CCCC1)S(=O)(=O)c1ccccc1. The highest BCUT2D eigenvalue weighted by molar-refractivity contribution is 7.92. The molecule has 1 N–H and O–H groups in total. The zero-order valence-electron chi connectivity index (χ0n) is 23.3. The minimum Gasteiger partial charge on any atom is -0.492 e. The molecule has 1 aliphatic rings. The Balaban J connectivity index is 1.71. The minimum atomic E-state index is -4.18. The molecule has 0 unspecified atom stereocenters. The van der Waals surface area contributed by atoms with E-state index in [1.807, 2.05) is 0 Å². The van der Waals surface area contributed by atoms with Crippen molar-refractivity contribution >= 4 is 39.1 Å². The van der Waals surface area contributed by atoms with Crippen LogP contribution < -0.4 is 14.4 Å². The maximum Gasteiger partial charge on any atom is 0.264 e. The van der Waals surface area contributed by atoms with E-state index in [4.69, 9.17) is 16.3 Å². The van der Waals surface area contributed by atoms with Gasteiger partial charge in [-0.3, -0.25) is 13.9 Å². The zero-order valence-corrected chi connectivity index (χ0v) is 24.9. The average molecular weight is 598 g/mol. The first-order chi connectivity index (χ1) is 19.7. The number of nitrogens with zero attached hydrogens (tertiary/aromatic N) is 2. The minimum absolute atomic E-state index is 0.0374. The molecule has 4 rings (SSSR count). The Labute approximate surface area is 247 Å². The van der Waals surface area contributed by atoms with Crippen LogP contribution >= 0.6 is 11.6 Å². The Morgan fingerprint density at radius 2 is 1.61 bits per heavy atom. The van der Waals surface area contributed by atoms with Crippen molar-refractivity contribution in [1.82, 2.24) is 10.2 Å². The smallest absolute Gasteiger partial charge is 0.264 e. The van der Waals surface area contributed by atoms with E-state index in [-0.39, 0.29) is 29.1 Å². The molecule has 1 saturated carbocycles. The molecule has 1 fully saturated rings. The molecule has 3 aromatic carbocycles. The lowest BCUT2D eigenvalue weighted by atomic mass is 10.1. The topological polar surface area (TPSA) is 96.0 Å². The van der Waals surface area contributed by atoms with E-state index < -0.39 is 28.5 Å². The number of anilines is 1. The van der Waals surface area contributed by atoms with Crippen molar-refractivity contribution in [3.8, 4) is 5.75 Å². The quantitative estimate of drug-likeness (QED) is 0.301. The van der Waals surface area contributed by atoms with E-state index in [0.29, 0.717) is 17.4 Å². The third kappa shape index (κ3) is 7.59. The van der Waals surface area contributed by atoms with E-state index in [2.05, 4.69) is 5.32 Å². The fraction of sp³-hybridized carbons (Fsp3) is 0.355. The number of hydrogen-bond donors (Lipinski definition) is 1. The van der Waals surface area contributed by atoms with Crippen molar-refractivity contribution in [2.75, 3.05) is 17.5 Å². The van der Waals surface area contributed by atoms with Gasteiger partial charge < -0.3 is 15.0 Å². The molecule has 1 atom stereocenters. The molecule has 218 valence electrons. The van der Waals surface area contributed by atoms with Crippen LogP contribution in [0.15, 0.2) is 83.8 Å². The predicted molar refractivity (Wildman–Crippen MR) is 160 cm³/mol. The number of amides is 2. The summed E-state index contributed by atoms with van der Waals surface area (Å²) in [7, 11) is -4.18. The van der Waals surface area contributed by atoms with Gasteiger partial charge in [0.05, 0.1) is 17.2 Å². The lowest BCUT2D eigenvalue weighted by Gasteiger charge is -2.33. The summed E-state index contributed by atoms with van der Waals surface area (Å²) in [6, 6.07) is 20.9. The van der Waals surface area contributed by atoms with Crippen LogP contribution in [0.2, 0.25) is 5.02 Å². The molecule has 0 aromatic heterocycles. The van der Waals surface area contributed by atoms with E-state index in [9.17, 15) is 18.0 Å². The van der Waals surface area contributed by atoms with Crippen LogP contribution in [0.25, 0.3) is 0 Å². The number of rotatable bonds is 12. The Bertz CT molecular complexity index is 1430. The van der Waals surface area contributed by atoms with Crippen molar-refractivity contribution in [3.05, 3.63) is 89.4 Å². The van der Waals surface area contributed by atoms with Crippen molar-refractivity contribution in [2.45, 2.75) is 63.1 Å². The first-order valence-electron chi connectivity index (χ1n) is 13.8. The molecule has 0 heterocycles. The highest BCUT2D eigenvalue weighted by Crippen LogP contribution is 2.33. The molecule has 10 heteroatoms. The first kappa shape index (κ1) is 30.4. The number of carbonyl (C=O) groups excluding carboxylic acids is 2. The molecule has 41 heavy (non-hydrogen) atoms. The van der Waals surface area contributed by atoms with E-state index >= 15 is 0 Å². The van der Waals surface area contributed by atoms with Gasteiger partial charge in [0.1, 0.15) is 18.3 Å². The second-order valence-corrected chi connectivity index (χ2v) is 12.3. The average Bonchev–Trinajstić information content (AvgIpc) is 3.49. The van der Waals surface area contributed by atoms with Crippen LogP contribution in [0, 0.1) is 0 Å². The Morgan fingerprint density at radius 1 is 0.976 bits per heavy atom. The van der Waals surface area contributed by atoms with Gasteiger partial charge in [0.15, 0.2) is 0 Å². The van der Waals surface area contributed by atoms with Crippen molar-refractivity contribution in [2.24, 2.45) is 0 Å². The van der Waals surface area contributed by atoms with Crippen LogP contribution in [0.5, 0.6) is 5.75 Å². The second kappa shape index (κ2) is 13.9. The highest BCUT2D eigenvalue weighted by atomic mass is 35.5. The predicted octanol–water partition coefficient (Wildman–Crippen LogP) is 5.41. The maximum absolute atomic E-state index is 14.1. The number of sulfonamides is 1. The van der Waals surface area contributed by atoms with Gasteiger partial charge in [-0.05, 0) is 68.7 Å². The molecule has 8 nitrogen and oxygen atoms in total. The molecule has 0 radical (unpaired) electrons. The Morgan fingerprint density at radius 3 is 2.27 bits per heavy atom. The molecule has 3 aromatic rings. The third-order valence-corrected chi connectivity index (χ3v) is 9.20. The number of benzene rings is 3. The van der Waals surface area contributed by atoms with Gasteiger partial charge in [0, 0.05) is 17.6 Å². The van der Waals surface area contributed by atoms with E-state index in [1.165, 1.54) is 17.0 Å². The summed E-state index contributed by atoms with van der Waals surface area (Å²) in [6.45, 7) is 3.35. The summed E-state index contributed by atoms with van der Waals surface area (Å²) in [6.07, 6.45) is 3.92. The summed E-state index contributed by atoms with van der Waals surface area (Å²) in [5.74, 6) is -0.468. The summed E-state index contributed by atoms with van der Waals surface area (Å²) in [5, 5.41) is 3.62. The van der Waals surface area contributed by atoms with Crippen LogP contribution in [0.4, 0.5) is 5.69 Å². The lowest BCUT2D eigenvalue weighted by molar-refractivity contribution is -0.139. The van der Waals surface area contributed by atoms with Gasteiger partial charge in [-0.25, -0.2) is 8.42 Å². The van der Waals surface area contributed by atoms with Gasteiger partial charge in [-0.15, -0.1) is 0 Å². The first-order valence-corrected chi connectivity index (χ1v) is 15.7. The lowest BCUT2D eigenvalue weighted by Crippen LogP contribution is -2.52. The highest BCUT2D eigenvalue weighted by Gasteiger charge is 2.34. The Kier molecular flexibility index (Phi) is 10.3. The van der Waals surface area contributed by atoms with Crippen molar-refractivity contribution in [1.29, 1.82) is 0 Å². The number of hydrogen-bond acceptors (Lipinski definition) is 5. The molecule has 2 amide bonds. The maximum atomic E-state index is 14.1. The normalized spacial score (nSPS) is 14.3. The third-order valence-electron chi connectivity index (χ3n) is 7.18. The number of carbonyl (C=O) groups is 2. The number of nitrogens with one attached hydrogen (secondary N) is 1. The molecule has 0 bridgehead atoms. The van der Waals surface area contributed by atoms with Crippen LogP contribution in [-0.4, -0.2) is 50.4 Å². The van der Waals surface area contributed by atoms with Crippen LogP contribution in [-0.2, 0) is 26.2 Å². The van der Waals surface area contributed by atoms with Crippen LogP contribution in [0.1, 0.15) is 45.1 Å². The fourth-order valence-electron chi connectivity index (χ4n) is 4.93. The fourth-order valence-corrected chi connectivity index (χ4v) is 6.51. The molecule has 0 aliphatic heterocycles. The Hall–Kier alpha value is -3.56. The molecule has 0 saturated heterocycles. The van der Waals surface area contributed by atoms with Crippen molar-refractivity contribution < 1.29 is 22.7 Å². The molecular weight excluding hydrogens is 562 g/mol. The number of ether oxygens (including phenoxy) is 1. The summed E-state index contributed by atoms with van der Waals surface area (Å²) in [4.78, 5) is 28.9. The molecule has 1 aliphatic carbocycles. The summed E-state index contributed by atoms with van der Waals surface area (Å²) >= 11 is 6.07. The second-order valence-electron chi connectivity index (χ2n) is 10.0. The standard InChI is InChI=1S/C31H36ClN3O5S/c1-3-40-29-16-10-9-15-28(29)35(41(38,39)27-13-5-4-6-14-27)22-30(36)34(21-24-17-19-25(32)20-18-24)23(2)31(37)33-26-11-7-8-12-26/h4-6,9-10,13-20,23,26H,3,7-8,11-12,21-22H2,1-2H3,(H,33,37)/t23-/m0/s1. The van der Waals surface area contributed by atoms with Gasteiger partial charge in [-0.1, -0.05) is 66.9 Å². The van der Waals surface area contributed by atoms with Gasteiger partial charge in [0.25, 0.3) is 10.0 Å². The zero-order chi connectivity index (χ0) is 29.4. The van der Waals surface area contributed by atoms with Crippen molar-refractivity contribution in [3.63, 3.8) is 0 Å². The monoisotopic (exact) mass is 597 g/mol. The van der Waals surface area contributed by atoms with E-state index in [0.717, 1.165) is 35.6 Å². The summed E-state index contributed by atoms with van der Waals surface area (Å²) in [5.41, 5.74) is 0.997. The van der Waals surface area contributed by atoms with Gasteiger partial charge in [-0.2, -0.15) is 0 Å². The van der Waals surface area contributed by atoms with Gasteiger partial charge >= 0.3 is 0 Å². The molecule has 0 spiro atoms. The molecular formula is C31H36ClN3O5S. The largest absolute Gasteiger partial charge is 0.492 e. The van der Waals surface area contributed by atoms with E-state index in [1.54, 1.807) is 80.6 Å². The van der Waals surface area contributed by atoms with Gasteiger partial charge in [0.2, 0.25) is 11.8 Å².